The summed E-state index contributed by atoms with van der Waals surface area (Å²) in [4.78, 5) is 4.51. The standard InChI is InChI=1S/C23H20N6O/c24-22(28-30)19-7-3-6-18-17(19)10-11-20(18)27-29-13-21(26-23(29)25)16-9-8-14-4-1-2-5-15(14)12-16/h1-9,12-13,30H,10-11H2,(H2,24,28)(H2,25,26). The third kappa shape index (κ3) is 2.97. The predicted molar refractivity (Wildman–Crippen MR) is 119 cm³/mol. The van der Waals surface area contributed by atoms with Gasteiger partial charge in [-0.25, -0.2) is 9.66 Å². The van der Waals surface area contributed by atoms with Gasteiger partial charge in [-0.2, -0.15) is 5.10 Å². The summed E-state index contributed by atoms with van der Waals surface area (Å²) >= 11 is 0. The molecule has 5 N–H and O–H groups in total. The number of anilines is 1. The van der Waals surface area contributed by atoms with Gasteiger partial charge in [0.05, 0.1) is 17.6 Å². The minimum Gasteiger partial charge on any atom is -0.409 e. The number of amidine groups is 1. The second kappa shape index (κ2) is 7.04. The summed E-state index contributed by atoms with van der Waals surface area (Å²) < 4.78 is 1.62. The fourth-order valence-electron chi connectivity index (χ4n) is 3.99. The first-order valence-corrected chi connectivity index (χ1v) is 9.66. The van der Waals surface area contributed by atoms with E-state index in [0.29, 0.717) is 5.95 Å². The van der Waals surface area contributed by atoms with E-state index in [1.54, 1.807) is 4.68 Å². The molecule has 0 aliphatic heterocycles. The first-order chi connectivity index (χ1) is 14.6. The van der Waals surface area contributed by atoms with E-state index in [-0.39, 0.29) is 5.84 Å². The molecule has 4 aromatic rings. The third-order valence-electron chi connectivity index (χ3n) is 5.47. The summed E-state index contributed by atoms with van der Waals surface area (Å²) in [6, 6.07) is 20.1. The monoisotopic (exact) mass is 396 g/mol. The van der Waals surface area contributed by atoms with Crippen molar-refractivity contribution in [3.8, 4) is 11.3 Å². The third-order valence-corrected chi connectivity index (χ3v) is 5.47. The fourth-order valence-corrected chi connectivity index (χ4v) is 3.99. The molecule has 0 spiro atoms. The molecule has 0 saturated carbocycles. The number of nitrogen functional groups attached to an aromatic ring is 1. The lowest BCUT2D eigenvalue weighted by molar-refractivity contribution is 0.318. The van der Waals surface area contributed by atoms with Crippen molar-refractivity contribution in [2.75, 3.05) is 5.73 Å². The van der Waals surface area contributed by atoms with Gasteiger partial charge in [0.2, 0.25) is 5.95 Å². The summed E-state index contributed by atoms with van der Waals surface area (Å²) in [5, 5.41) is 19.2. The van der Waals surface area contributed by atoms with Crippen LogP contribution in [0.4, 0.5) is 5.95 Å². The number of hydrogen-bond donors (Lipinski definition) is 3. The van der Waals surface area contributed by atoms with E-state index in [0.717, 1.165) is 51.9 Å². The van der Waals surface area contributed by atoms with Crippen LogP contribution in [0.2, 0.25) is 0 Å². The van der Waals surface area contributed by atoms with E-state index in [1.807, 2.05) is 42.6 Å². The number of benzene rings is 3. The smallest absolute Gasteiger partial charge is 0.221 e. The summed E-state index contributed by atoms with van der Waals surface area (Å²) in [5.41, 5.74) is 17.4. The molecule has 0 amide bonds. The van der Waals surface area contributed by atoms with Gasteiger partial charge in [0.15, 0.2) is 5.84 Å². The molecule has 0 fully saturated rings. The molecular formula is C23H20N6O. The van der Waals surface area contributed by atoms with Crippen LogP contribution in [0.25, 0.3) is 22.0 Å². The number of hydrogen-bond acceptors (Lipinski definition) is 5. The largest absolute Gasteiger partial charge is 0.409 e. The Balaban J connectivity index is 1.53. The number of nitrogens with two attached hydrogens (primary N) is 2. The van der Waals surface area contributed by atoms with Gasteiger partial charge >= 0.3 is 0 Å². The van der Waals surface area contributed by atoms with Crippen molar-refractivity contribution in [2.24, 2.45) is 16.0 Å². The van der Waals surface area contributed by atoms with E-state index >= 15 is 0 Å². The molecule has 1 heterocycles. The Morgan fingerprint density at radius 3 is 2.67 bits per heavy atom. The Bertz CT molecular complexity index is 1330. The van der Waals surface area contributed by atoms with Gasteiger partial charge in [-0.1, -0.05) is 59.8 Å². The van der Waals surface area contributed by atoms with Crippen molar-refractivity contribution in [3.05, 3.63) is 83.6 Å². The summed E-state index contributed by atoms with van der Waals surface area (Å²) in [6.07, 6.45) is 3.36. The summed E-state index contributed by atoms with van der Waals surface area (Å²) in [5.74, 6) is 0.431. The van der Waals surface area contributed by atoms with E-state index < -0.39 is 0 Å². The van der Waals surface area contributed by atoms with Gasteiger partial charge in [-0.15, -0.1) is 0 Å². The Morgan fingerprint density at radius 1 is 1.00 bits per heavy atom. The lowest BCUT2D eigenvalue weighted by Gasteiger charge is -2.06. The van der Waals surface area contributed by atoms with Crippen LogP contribution >= 0.6 is 0 Å². The van der Waals surface area contributed by atoms with Crippen LogP contribution in [0.5, 0.6) is 0 Å². The average Bonchev–Trinajstić information content (AvgIpc) is 3.36. The Hall–Kier alpha value is -4.13. The van der Waals surface area contributed by atoms with Crippen molar-refractivity contribution >= 4 is 28.3 Å². The van der Waals surface area contributed by atoms with Gasteiger partial charge in [0.1, 0.15) is 0 Å². The zero-order valence-corrected chi connectivity index (χ0v) is 16.2. The Kier molecular flexibility index (Phi) is 4.21. The van der Waals surface area contributed by atoms with Gasteiger partial charge in [0.25, 0.3) is 0 Å². The maximum atomic E-state index is 9.04. The number of oxime groups is 1. The van der Waals surface area contributed by atoms with Crippen LogP contribution in [-0.4, -0.2) is 26.4 Å². The molecule has 7 nitrogen and oxygen atoms in total. The topological polar surface area (TPSA) is 115 Å². The van der Waals surface area contributed by atoms with Gasteiger partial charge in [-0.3, -0.25) is 0 Å². The average molecular weight is 396 g/mol. The Morgan fingerprint density at radius 2 is 1.83 bits per heavy atom. The molecule has 1 aromatic heterocycles. The number of fused-ring (bicyclic) bond motifs is 2. The first-order valence-electron chi connectivity index (χ1n) is 9.66. The van der Waals surface area contributed by atoms with E-state index in [1.165, 1.54) is 5.39 Å². The molecular weight excluding hydrogens is 376 g/mol. The molecule has 7 heteroatoms. The second-order valence-corrected chi connectivity index (χ2v) is 7.25. The predicted octanol–water partition coefficient (Wildman–Crippen LogP) is 3.58. The highest BCUT2D eigenvalue weighted by Crippen LogP contribution is 2.28. The first kappa shape index (κ1) is 17.9. The van der Waals surface area contributed by atoms with E-state index in [9.17, 15) is 0 Å². The van der Waals surface area contributed by atoms with Gasteiger partial charge in [-0.05, 0) is 35.2 Å². The minimum atomic E-state index is 0.105. The van der Waals surface area contributed by atoms with Crippen molar-refractivity contribution in [2.45, 2.75) is 12.8 Å². The number of aromatic nitrogens is 2. The minimum absolute atomic E-state index is 0.105. The molecule has 0 atom stereocenters. The molecule has 0 unspecified atom stereocenters. The lowest BCUT2D eigenvalue weighted by Crippen LogP contribution is -2.15. The molecule has 30 heavy (non-hydrogen) atoms. The molecule has 1 aliphatic carbocycles. The fraction of sp³-hybridized carbons (Fsp3) is 0.0870. The van der Waals surface area contributed by atoms with Crippen LogP contribution in [0.3, 0.4) is 0 Å². The molecule has 0 bridgehead atoms. The van der Waals surface area contributed by atoms with Crippen molar-refractivity contribution in [1.82, 2.24) is 9.66 Å². The highest BCUT2D eigenvalue weighted by molar-refractivity contribution is 6.09. The molecule has 0 radical (unpaired) electrons. The van der Waals surface area contributed by atoms with Crippen LogP contribution in [-0.2, 0) is 6.42 Å². The summed E-state index contributed by atoms with van der Waals surface area (Å²) in [7, 11) is 0. The van der Waals surface area contributed by atoms with Crippen molar-refractivity contribution in [3.63, 3.8) is 0 Å². The maximum absolute atomic E-state index is 9.04. The normalized spacial score (nSPS) is 15.1. The van der Waals surface area contributed by atoms with Gasteiger partial charge < -0.3 is 16.7 Å². The highest BCUT2D eigenvalue weighted by Gasteiger charge is 2.22. The van der Waals surface area contributed by atoms with Crippen LogP contribution in [0, 0.1) is 0 Å². The zero-order chi connectivity index (χ0) is 20.7. The van der Waals surface area contributed by atoms with Crippen molar-refractivity contribution < 1.29 is 5.21 Å². The molecule has 0 saturated heterocycles. The summed E-state index contributed by atoms with van der Waals surface area (Å²) in [6.45, 7) is 0. The zero-order valence-electron chi connectivity index (χ0n) is 16.2. The number of nitrogens with zero attached hydrogens (tertiary/aromatic N) is 4. The highest BCUT2D eigenvalue weighted by atomic mass is 16.4. The molecule has 3 aromatic carbocycles. The van der Waals surface area contributed by atoms with Gasteiger partial charge in [0, 0.05) is 16.7 Å². The maximum Gasteiger partial charge on any atom is 0.221 e. The van der Waals surface area contributed by atoms with E-state index in [4.69, 9.17) is 21.8 Å². The lowest BCUT2D eigenvalue weighted by atomic mass is 10.0. The molecule has 5 rings (SSSR count). The number of rotatable bonds is 3. The van der Waals surface area contributed by atoms with Crippen molar-refractivity contribution in [1.29, 1.82) is 0 Å². The van der Waals surface area contributed by atoms with Crippen LogP contribution in [0.15, 0.2) is 77.1 Å². The molecule has 1 aliphatic rings. The van der Waals surface area contributed by atoms with Crippen LogP contribution in [0.1, 0.15) is 23.1 Å². The SMILES string of the molecule is NC(=NO)c1cccc2c1CCC2=Nn1cc(-c2ccc3ccccc3c2)nc1N. The second-order valence-electron chi connectivity index (χ2n) is 7.25. The Labute approximate surface area is 173 Å². The van der Waals surface area contributed by atoms with E-state index in [2.05, 4.69) is 34.4 Å². The quantitative estimate of drug-likeness (QED) is 0.212. The number of imidazole rings is 1. The molecule has 148 valence electrons. The van der Waals surface area contributed by atoms with Crippen LogP contribution < -0.4 is 11.5 Å².